The molecule has 96 valence electrons. The Hall–Kier alpha value is -0.980. The summed E-state index contributed by atoms with van der Waals surface area (Å²) in [6.45, 7) is 0. The summed E-state index contributed by atoms with van der Waals surface area (Å²) < 4.78 is 41.0. The van der Waals surface area contributed by atoms with E-state index in [2.05, 4.69) is 27.3 Å². The van der Waals surface area contributed by atoms with E-state index in [0.717, 1.165) is 9.13 Å². The number of hydrogen-bond acceptors (Lipinski definition) is 1. The molecule has 0 fully saturated rings. The molecule has 18 heavy (non-hydrogen) atoms. The van der Waals surface area contributed by atoms with Crippen molar-refractivity contribution in [2.75, 3.05) is 0 Å². The Kier molecular flexibility index (Phi) is 3.99. The summed E-state index contributed by atoms with van der Waals surface area (Å²) in [7, 11) is 0. The summed E-state index contributed by atoms with van der Waals surface area (Å²) in [5.74, 6) is -0.0234. The second kappa shape index (κ2) is 5.34. The average Bonchev–Trinajstić information content (AvgIpc) is 2.28. The van der Waals surface area contributed by atoms with E-state index >= 15 is 0 Å². The molecule has 1 unspecified atom stereocenters. The lowest BCUT2D eigenvalue weighted by Gasteiger charge is -2.18. The fraction of sp³-hybridized carbons (Fsp3) is 0.231. The van der Waals surface area contributed by atoms with Crippen LogP contribution >= 0.6 is 22.6 Å². The van der Waals surface area contributed by atoms with Crippen molar-refractivity contribution in [2.24, 2.45) is 0 Å². The standard InChI is InChI=1S/C13H10F3IO/c14-13(15,16)18-12-6-4-9(5-7-12)10-2-1-3-11(17)8-10/h1-4,6-9H,5H2. The van der Waals surface area contributed by atoms with Gasteiger partial charge in [-0.2, -0.15) is 0 Å². The van der Waals surface area contributed by atoms with Crippen LogP contribution in [0, 0.1) is 3.57 Å². The van der Waals surface area contributed by atoms with Crippen molar-refractivity contribution in [3.63, 3.8) is 0 Å². The highest BCUT2D eigenvalue weighted by Gasteiger charge is 2.32. The van der Waals surface area contributed by atoms with E-state index < -0.39 is 6.36 Å². The molecule has 1 aliphatic rings. The highest BCUT2D eigenvalue weighted by molar-refractivity contribution is 14.1. The minimum absolute atomic E-state index is 0.111. The van der Waals surface area contributed by atoms with Gasteiger partial charge in [-0.25, -0.2) is 0 Å². The third kappa shape index (κ3) is 3.76. The third-order valence-corrected chi connectivity index (χ3v) is 3.25. The van der Waals surface area contributed by atoms with E-state index in [-0.39, 0.29) is 11.7 Å². The molecule has 1 aromatic rings. The van der Waals surface area contributed by atoms with Gasteiger partial charge in [-0.1, -0.05) is 18.2 Å². The Balaban J connectivity index is 2.05. The lowest BCUT2D eigenvalue weighted by Crippen LogP contribution is -2.13. The number of rotatable bonds is 2. The molecule has 0 radical (unpaired) electrons. The second-order valence-corrected chi connectivity index (χ2v) is 5.16. The summed E-state index contributed by atoms with van der Waals surface area (Å²) >= 11 is 2.21. The third-order valence-electron chi connectivity index (χ3n) is 2.58. The van der Waals surface area contributed by atoms with Gasteiger partial charge in [0, 0.05) is 9.49 Å². The Labute approximate surface area is 116 Å². The van der Waals surface area contributed by atoms with E-state index in [1.54, 1.807) is 6.08 Å². The van der Waals surface area contributed by atoms with Crippen molar-refractivity contribution in [3.05, 3.63) is 57.4 Å². The van der Waals surface area contributed by atoms with Crippen LogP contribution in [0.3, 0.4) is 0 Å². The zero-order chi connectivity index (χ0) is 13.2. The van der Waals surface area contributed by atoms with Gasteiger partial charge in [-0.05, 0) is 58.9 Å². The number of allylic oxidation sites excluding steroid dienone is 3. The zero-order valence-corrected chi connectivity index (χ0v) is 11.4. The van der Waals surface area contributed by atoms with Crippen LogP contribution in [0.15, 0.2) is 48.3 Å². The maximum atomic E-state index is 12.0. The summed E-state index contributed by atoms with van der Waals surface area (Å²) in [5.41, 5.74) is 1.10. The Morgan fingerprint density at radius 3 is 2.61 bits per heavy atom. The lowest BCUT2D eigenvalue weighted by molar-refractivity contribution is -0.303. The number of benzene rings is 1. The Bertz CT molecular complexity index is 491. The van der Waals surface area contributed by atoms with E-state index in [9.17, 15) is 13.2 Å². The molecule has 1 nitrogen and oxygen atoms in total. The first-order chi connectivity index (χ1) is 8.44. The van der Waals surface area contributed by atoms with Gasteiger partial charge in [0.15, 0.2) is 0 Å². The first kappa shape index (κ1) is 13.5. The molecule has 5 heteroatoms. The summed E-state index contributed by atoms with van der Waals surface area (Å²) in [5, 5.41) is 0. The van der Waals surface area contributed by atoms with Gasteiger partial charge in [-0.15, -0.1) is 13.2 Å². The van der Waals surface area contributed by atoms with E-state index in [1.165, 1.54) is 12.2 Å². The molecular formula is C13H10F3IO. The van der Waals surface area contributed by atoms with Crippen molar-refractivity contribution in [1.82, 2.24) is 0 Å². The predicted molar refractivity (Wildman–Crippen MR) is 70.9 cm³/mol. The van der Waals surface area contributed by atoms with Gasteiger partial charge in [-0.3, -0.25) is 0 Å². The van der Waals surface area contributed by atoms with Crippen LogP contribution in [0.1, 0.15) is 17.9 Å². The SMILES string of the molecule is FC(F)(F)OC1=CCC(c2cccc(I)c2)C=C1. The van der Waals surface area contributed by atoms with Gasteiger partial charge in [0.25, 0.3) is 0 Å². The van der Waals surface area contributed by atoms with Crippen molar-refractivity contribution in [2.45, 2.75) is 18.7 Å². The summed E-state index contributed by atoms with van der Waals surface area (Å²) in [6.07, 6.45) is 0.485. The monoisotopic (exact) mass is 366 g/mol. The lowest BCUT2D eigenvalue weighted by atomic mass is 9.92. The molecule has 1 aromatic carbocycles. The average molecular weight is 366 g/mol. The molecule has 0 spiro atoms. The van der Waals surface area contributed by atoms with Crippen LogP contribution in [0.4, 0.5) is 13.2 Å². The van der Waals surface area contributed by atoms with Crippen LogP contribution in [0.2, 0.25) is 0 Å². The molecule has 0 N–H and O–H groups in total. The van der Waals surface area contributed by atoms with Crippen molar-refractivity contribution in [3.8, 4) is 0 Å². The van der Waals surface area contributed by atoms with E-state index in [4.69, 9.17) is 0 Å². The highest BCUT2D eigenvalue weighted by Crippen LogP contribution is 2.30. The minimum Gasteiger partial charge on any atom is -0.406 e. The fourth-order valence-corrected chi connectivity index (χ4v) is 2.36. The minimum atomic E-state index is -4.62. The van der Waals surface area contributed by atoms with Gasteiger partial charge < -0.3 is 4.74 Å². The van der Waals surface area contributed by atoms with Crippen LogP contribution in [0.25, 0.3) is 0 Å². The van der Waals surface area contributed by atoms with Crippen molar-refractivity contribution >= 4 is 22.6 Å². The highest BCUT2D eigenvalue weighted by atomic mass is 127. The van der Waals surface area contributed by atoms with Crippen molar-refractivity contribution < 1.29 is 17.9 Å². The largest absolute Gasteiger partial charge is 0.573 e. The molecule has 0 aromatic heterocycles. The van der Waals surface area contributed by atoms with Crippen LogP contribution in [-0.2, 0) is 4.74 Å². The normalized spacial score (nSPS) is 19.6. The number of alkyl halides is 3. The van der Waals surface area contributed by atoms with Crippen LogP contribution in [0.5, 0.6) is 0 Å². The molecule has 0 amide bonds. The Morgan fingerprint density at radius 1 is 1.28 bits per heavy atom. The molecular weight excluding hydrogens is 356 g/mol. The summed E-state index contributed by atoms with van der Waals surface area (Å²) in [6, 6.07) is 7.92. The predicted octanol–water partition coefficient (Wildman–Crippen LogP) is 4.76. The van der Waals surface area contributed by atoms with Gasteiger partial charge in [0.05, 0.1) is 0 Å². The van der Waals surface area contributed by atoms with Crippen LogP contribution < -0.4 is 0 Å². The first-order valence-corrected chi connectivity index (χ1v) is 6.41. The van der Waals surface area contributed by atoms with Gasteiger partial charge >= 0.3 is 6.36 Å². The molecule has 0 saturated carbocycles. The summed E-state index contributed by atoms with van der Waals surface area (Å²) in [4.78, 5) is 0. The number of halogens is 4. The molecule has 0 saturated heterocycles. The number of hydrogen-bond donors (Lipinski definition) is 0. The maximum absolute atomic E-state index is 12.0. The van der Waals surface area contributed by atoms with E-state index in [1.807, 2.05) is 24.3 Å². The fourth-order valence-electron chi connectivity index (χ4n) is 1.79. The molecule has 0 bridgehead atoms. The molecule has 0 aliphatic heterocycles. The topological polar surface area (TPSA) is 9.23 Å². The Morgan fingerprint density at radius 2 is 2.06 bits per heavy atom. The number of ether oxygens (including phenoxy) is 1. The van der Waals surface area contributed by atoms with Crippen molar-refractivity contribution in [1.29, 1.82) is 0 Å². The molecule has 1 atom stereocenters. The van der Waals surface area contributed by atoms with E-state index in [0.29, 0.717) is 6.42 Å². The quantitative estimate of drug-likeness (QED) is 0.687. The molecule has 1 aliphatic carbocycles. The first-order valence-electron chi connectivity index (χ1n) is 5.33. The maximum Gasteiger partial charge on any atom is 0.573 e. The smallest absolute Gasteiger partial charge is 0.406 e. The van der Waals surface area contributed by atoms with Gasteiger partial charge in [0.2, 0.25) is 0 Å². The second-order valence-electron chi connectivity index (χ2n) is 3.91. The molecule has 2 rings (SSSR count). The van der Waals surface area contributed by atoms with Crippen LogP contribution in [-0.4, -0.2) is 6.36 Å². The van der Waals surface area contributed by atoms with Gasteiger partial charge in [0.1, 0.15) is 5.76 Å². The molecule has 0 heterocycles. The zero-order valence-electron chi connectivity index (χ0n) is 9.25.